The summed E-state index contributed by atoms with van der Waals surface area (Å²) >= 11 is 6.33. The van der Waals surface area contributed by atoms with Crippen LogP contribution in [0.5, 0.6) is 0 Å². The number of likely N-dealkylation sites (tertiary alicyclic amines) is 1. The van der Waals surface area contributed by atoms with E-state index >= 15 is 0 Å². The maximum Gasteiger partial charge on any atom is 0.260 e. The molecule has 4 rings (SSSR count). The van der Waals surface area contributed by atoms with Crippen LogP contribution in [0.3, 0.4) is 0 Å². The molecule has 0 aliphatic carbocycles. The number of aryl methyl sites for hydroxylation is 2. The number of nitrogens with zero attached hydrogens (tertiary/aromatic N) is 3. The van der Waals surface area contributed by atoms with Gasteiger partial charge in [-0.25, -0.2) is 0 Å². The van der Waals surface area contributed by atoms with Crippen molar-refractivity contribution in [2.24, 2.45) is 0 Å². The van der Waals surface area contributed by atoms with Crippen molar-refractivity contribution in [2.45, 2.75) is 45.6 Å². The van der Waals surface area contributed by atoms with Crippen LogP contribution in [0.1, 0.15) is 59.8 Å². The molecule has 0 spiro atoms. The topological polar surface area (TPSA) is 72.4 Å². The summed E-state index contributed by atoms with van der Waals surface area (Å²) in [6.45, 7) is 4.51. The fourth-order valence-corrected chi connectivity index (χ4v) is 4.00. The summed E-state index contributed by atoms with van der Waals surface area (Å²) in [6.07, 6.45) is 3.60. The fourth-order valence-electron chi connectivity index (χ4n) is 3.77. The van der Waals surface area contributed by atoms with Gasteiger partial charge in [0, 0.05) is 24.6 Å². The molecule has 2 aromatic heterocycles. The van der Waals surface area contributed by atoms with Crippen LogP contribution >= 0.6 is 11.6 Å². The van der Waals surface area contributed by atoms with E-state index in [9.17, 15) is 4.79 Å². The van der Waals surface area contributed by atoms with Crippen LogP contribution in [0, 0.1) is 6.92 Å². The highest BCUT2D eigenvalue weighted by Gasteiger charge is 2.36. The Morgan fingerprint density at radius 2 is 2.11 bits per heavy atom. The lowest BCUT2D eigenvalue weighted by Gasteiger charge is -2.23. The highest BCUT2D eigenvalue weighted by molar-refractivity contribution is 6.33. The molecule has 0 bridgehead atoms. The van der Waals surface area contributed by atoms with Crippen molar-refractivity contribution in [1.82, 2.24) is 15.2 Å². The van der Waals surface area contributed by atoms with Crippen LogP contribution in [0.2, 0.25) is 5.02 Å². The molecule has 7 heteroatoms. The fraction of sp³-hybridized carbons (Fsp3) is 0.381. The lowest BCUT2D eigenvalue weighted by Crippen LogP contribution is -2.31. The molecular weight excluding hydrogens is 378 g/mol. The largest absolute Gasteiger partial charge is 0.361 e. The number of rotatable bonds is 5. The number of hydrogen-bond donors (Lipinski definition) is 0. The van der Waals surface area contributed by atoms with Gasteiger partial charge in [-0.15, -0.1) is 0 Å². The molecule has 1 atom stereocenters. The first-order valence-corrected chi connectivity index (χ1v) is 9.95. The van der Waals surface area contributed by atoms with Gasteiger partial charge in [0.2, 0.25) is 0 Å². The number of halogens is 1. The Morgan fingerprint density at radius 1 is 1.29 bits per heavy atom. The Morgan fingerprint density at radius 3 is 2.89 bits per heavy atom. The minimum atomic E-state index is -0.115. The van der Waals surface area contributed by atoms with Crippen LogP contribution < -0.4 is 0 Å². The Labute approximate surface area is 168 Å². The average Bonchev–Trinajstić information content (AvgIpc) is 3.41. The molecule has 1 aliphatic rings. The second-order valence-corrected chi connectivity index (χ2v) is 7.47. The molecule has 0 saturated carbocycles. The summed E-state index contributed by atoms with van der Waals surface area (Å²) < 4.78 is 10.8. The smallest absolute Gasteiger partial charge is 0.260 e. The number of carbonyl (C=O) groups is 1. The monoisotopic (exact) mass is 399 g/mol. The van der Waals surface area contributed by atoms with Gasteiger partial charge in [0.1, 0.15) is 28.5 Å². The molecule has 1 saturated heterocycles. The highest BCUT2D eigenvalue weighted by Crippen LogP contribution is 2.37. The third-order valence-electron chi connectivity index (χ3n) is 5.13. The Kier molecular flexibility index (Phi) is 5.22. The van der Waals surface area contributed by atoms with Gasteiger partial charge in [0.05, 0.1) is 11.1 Å². The van der Waals surface area contributed by atoms with Crippen LogP contribution in [0.4, 0.5) is 0 Å². The van der Waals surface area contributed by atoms with Gasteiger partial charge in [-0.1, -0.05) is 47.0 Å². The molecule has 28 heavy (non-hydrogen) atoms. The lowest BCUT2D eigenvalue weighted by molar-refractivity contribution is 0.0729. The van der Waals surface area contributed by atoms with E-state index in [2.05, 4.69) is 17.2 Å². The van der Waals surface area contributed by atoms with Crippen molar-refractivity contribution in [3.05, 3.63) is 58.1 Å². The van der Waals surface area contributed by atoms with Crippen molar-refractivity contribution in [2.75, 3.05) is 6.54 Å². The van der Waals surface area contributed by atoms with Crippen LogP contribution in [-0.4, -0.2) is 27.7 Å². The van der Waals surface area contributed by atoms with E-state index in [-0.39, 0.29) is 11.9 Å². The normalized spacial score (nSPS) is 16.7. The predicted molar refractivity (Wildman–Crippen MR) is 105 cm³/mol. The SMILES string of the molecule is CCCc1cc(C2CCCN2C(=O)c2c(-c3ccccc3Cl)noc2C)no1. The molecular formula is C21H22ClN3O3. The summed E-state index contributed by atoms with van der Waals surface area (Å²) in [4.78, 5) is 15.3. The first-order chi connectivity index (χ1) is 13.6. The molecule has 1 aromatic carbocycles. The molecule has 3 heterocycles. The Balaban J connectivity index is 1.67. The lowest BCUT2D eigenvalue weighted by atomic mass is 10.0. The molecule has 1 aliphatic heterocycles. The summed E-state index contributed by atoms with van der Waals surface area (Å²) in [7, 11) is 0. The third-order valence-corrected chi connectivity index (χ3v) is 5.46. The van der Waals surface area contributed by atoms with E-state index in [1.165, 1.54) is 0 Å². The summed E-state index contributed by atoms with van der Waals surface area (Å²) in [5.41, 5.74) is 2.43. The number of aromatic nitrogens is 2. The van der Waals surface area contributed by atoms with Gasteiger partial charge in [0.25, 0.3) is 5.91 Å². The van der Waals surface area contributed by atoms with Gasteiger partial charge >= 0.3 is 0 Å². The molecule has 146 valence electrons. The van der Waals surface area contributed by atoms with Crippen molar-refractivity contribution in [1.29, 1.82) is 0 Å². The standard InChI is InChI=1S/C21H22ClN3O3/c1-3-7-14-12-17(23-28-14)18-10-6-11-25(18)21(26)19-13(2)27-24-20(19)15-8-4-5-9-16(15)22/h4-5,8-9,12,18H,3,6-7,10-11H2,1-2H3. The minimum Gasteiger partial charge on any atom is -0.361 e. The van der Waals surface area contributed by atoms with Crippen LogP contribution in [-0.2, 0) is 6.42 Å². The third kappa shape index (κ3) is 3.33. The maximum atomic E-state index is 13.5. The van der Waals surface area contributed by atoms with Gasteiger partial charge in [-0.2, -0.15) is 0 Å². The highest BCUT2D eigenvalue weighted by atomic mass is 35.5. The number of hydrogen-bond acceptors (Lipinski definition) is 5. The van der Waals surface area contributed by atoms with Gasteiger partial charge in [-0.3, -0.25) is 4.79 Å². The van der Waals surface area contributed by atoms with Gasteiger partial charge in [-0.05, 0) is 32.3 Å². The summed E-state index contributed by atoms with van der Waals surface area (Å²) in [5.74, 6) is 1.23. The first-order valence-electron chi connectivity index (χ1n) is 9.57. The maximum absolute atomic E-state index is 13.5. The van der Waals surface area contributed by atoms with Crippen LogP contribution in [0.15, 0.2) is 39.4 Å². The minimum absolute atomic E-state index is 0.102. The van der Waals surface area contributed by atoms with E-state index in [1.807, 2.05) is 29.2 Å². The number of benzene rings is 1. The van der Waals surface area contributed by atoms with Crippen LogP contribution in [0.25, 0.3) is 11.3 Å². The predicted octanol–water partition coefficient (Wildman–Crippen LogP) is 5.22. The zero-order valence-corrected chi connectivity index (χ0v) is 16.7. The molecule has 0 radical (unpaired) electrons. The number of carbonyl (C=O) groups excluding carboxylic acids is 1. The summed E-state index contributed by atoms with van der Waals surface area (Å²) in [6, 6.07) is 9.19. The molecule has 3 aromatic rings. The van der Waals surface area contributed by atoms with E-state index in [0.29, 0.717) is 34.1 Å². The molecule has 6 nitrogen and oxygen atoms in total. The average molecular weight is 400 g/mol. The van der Waals surface area contributed by atoms with E-state index in [4.69, 9.17) is 20.6 Å². The Hall–Kier alpha value is -2.60. The van der Waals surface area contributed by atoms with Gasteiger partial charge in [0.15, 0.2) is 0 Å². The van der Waals surface area contributed by atoms with E-state index in [1.54, 1.807) is 13.0 Å². The van der Waals surface area contributed by atoms with Crippen molar-refractivity contribution in [3.8, 4) is 11.3 Å². The van der Waals surface area contributed by atoms with Crippen molar-refractivity contribution in [3.63, 3.8) is 0 Å². The van der Waals surface area contributed by atoms with Crippen molar-refractivity contribution >= 4 is 17.5 Å². The molecule has 1 fully saturated rings. The quantitative estimate of drug-likeness (QED) is 0.588. The van der Waals surface area contributed by atoms with Gasteiger partial charge < -0.3 is 13.9 Å². The molecule has 1 amide bonds. The Bertz CT molecular complexity index is 994. The molecule has 1 unspecified atom stereocenters. The summed E-state index contributed by atoms with van der Waals surface area (Å²) in [5, 5.41) is 8.87. The first kappa shape index (κ1) is 18.7. The second-order valence-electron chi connectivity index (χ2n) is 7.07. The number of amides is 1. The van der Waals surface area contributed by atoms with E-state index < -0.39 is 0 Å². The molecule has 0 N–H and O–H groups in total. The van der Waals surface area contributed by atoms with Crippen molar-refractivity contribution < 1.29 is 13.8 Å². The van der Waals surface area contributed by atoms with E-state index in [0.717, 1.165) is 37.1 Å². The zero-order chi connectivity index (χ0) is 19.7. The zero-order valence-electron chi connectivity index (χ0n) is 15.9. The second kappa shape index (κ2) is 7.80.